The number of nitrogens with one attached hydrogen (secondary N) is 1. The maximum atomic E-state index is 13.3. The highest BCUT2D eigenvalue weighted by Gasteiger charge is 2.32. The Labute approximate surface area is 157 Å². The number of halogens is 1. The number of rotatable bonds is 5. The number of carbonyl (C=O) groups is 1. The van der Waals surface area contributed by atoms with Crippen molar-refractivity contribution in [2.24, 2.45) is 0 Å². The molecule has 1 aromatic rings. The van der Waals surface area contributed by atoms with E-state index in [0.29, 0.717) is 12.6 Å². The van der Waals surface area contributed by atoms with Crippen LogP contribution in [-0.2, 0) is 4.74 Å². The molecule has 0 bridgehead atoms. The van der Waals surface area contributed by atoms with Crippen molar-refractivity contribution in [2.75, 3.05) is 37.7 Å². The number of likely N-dealkylation sites (tertiary alicyclic amines) is 1. The predicted octanol–water partition coefficient (Wildman–Crippen LogP) is 3.64. The van der Waals surface area contributed by atoms with Gasteiger partial charge in [0.1, 0.15) is 5.82 Å². The average Bonchev–Trinajstić information content (AvgIpc) is 2.69. The van der Waals surface area contributed by atoms with Crippen molar-refractivity contribution in [2.45, 2.75) is 51.1 Å². The Kier molecular flexibility index (Phi) is 6.86. The SMILES string of the molecule is CCCNC(=O)N(c1ccc(F)cc1)C1CCN(C2CCOCC2)CC1.[HH]. The normalized spacial score (nSPS) is 20.1. The Balaban J connectivity index is 0.00000261. The average molecular weight is 365 g/mol. The lowest BCUT2D eigenvalue weighted by Gasteiger charge is -2.42. The molecule has 2 heterocycles. The molecule has 6 heteroatoms. The summed E-state index contributed by atoms with van der Waals surface area (Å²) in [4.78, 5) is 17.1. The number of hydrogen-bond acceptors (Lipinski definition) is 3. The third-order valence-electron chi connectivity index (χ3n) is 5.42. The zero-order valence-electron chi connectivity index (χ0n) is 15.6. The van der Waals surface area contributed by atoms with E-state index >= 15 is 0 Å². The van der Waals surface area contributed by atoms with E-state index in [-0.39, 0.29) is 19.3 Å². The standard InChI is InChI=1S/C20H30FN3O2.H2/c1-2-11-22-20(25)24(18-5-3-16(21)4-6-18)19-7-12-23(13-8-19)17-9-14-26-15-10-17;/h3-6,17,19H,2,7-15H2,1H3,(H,22,25);1H. The summed E-state index contributed by atoms with van der Waals surface area (Å²) in [7, 11) is 0. The van der Waals surface area contributed by atoms with Crippen LogP contribution in [0.15, 0.2) is 24.3 Å². The van der Waals surface area contributed by atoms with E-state index < -0.39 is 0 Å². The second-order valence-corrected chi connectivity index (χ2v) is 7.19. The molecule has 0 unspecified atom stereocenters. The number of hydrogen-bond donors (Lipinski definition) is 1. The van der Waals surface area contributed by atoms with E-state index in [0.717, 1.165) is 64.1 Å². The molecule has 2 fully saturated rings. The first-order valence-corrected chi connectivity index (χ1v) is 9.83. The topological polar surface area (TPSA) is 44.8 Å². The molecule has 0 radical (unpaired) electrons. The van der Waals surface area contributed by atoms with Crippen LogP contribution in [0.1, 0.15) is 40.5 Å². The Morgan fingerprint density at radius 1 is 1.23 bits per heavy atom. The molecule has 1 N–H and O–H groups in total. The van der Waals surface area contributed by atoms with E-state index in [4.69, 9.17) is 4.74 Å². The minimum Gasteiger partial charge on any atom is -0.381 e. The third-order valence-corrected chi connectivity index (χ3v) is 5.42. The Bertz CT molecular complexity index is 573. The van der Waals surface area contributed by atoms with Gasteiger partial charge in [-0.25, -0.2) is 9.18 Å². The van der Waals surface area contributed by atoms with E-state index in [1.165, 1.54) is 12.1 Å². The van der Waals surface area contributed by atoms with Crippen LogP contribution in [0, 0.1) is 5.82 Å². The van der Waals surface area contributed by atoms with Gasteiger partial charge in [-0.05, 0) is 56.4 Å². The summed E-state index contributed by atoms with van der Waals surface area (Å²) in [6, 6.07) is 6.92. The molecule has 0 atom stereocenters. The van der Waals surface area contributed by atoms with E-state index in [1.54, 1.807) is 12.1 Å². The molecule has 3 rings (SSSR count). The molecule has 0 saturated carbocycles. The lowest BCUT2D eigenvalue weighted by atomic mass is 9.98. The molecular formula is C20H32FN3O2. The second kappa shape index (κ2) is 9.33. The third kappa shape index (κ3) is 4.74. The van der Waals surface area contributed by atoms with Crippen molar-refractivity contribution in [1.29, 1.82) is 0 Å². The second-order valence-electron chi connectivity index (χ2n) is 7.19. The van der Waals surface area contributed by atoms with Gasteiger partial charge < -0.3 is 15.0 Å². The van der Waals surface area contributed by atoms with Gasteiger partial charge >= 0.3 is 6.03 Å². The summed E-state index contributed by atoms with van der Waals surface area (Å²) < 4.78 is 18.8. The first-order valence-electron chi connectivity index (χ1n) is 9.83. The van der Waals surface area contributed by atoms with Crippen LogP contribution < -0.4 is 10.2 Å². The lowest BCUT2D eigenvalue weighted by Crippen LogP contribution is -2.53. The van der Waals surface area contributed by atoms with E-state index in [2.05, 4.69) is 10.2 Å². The van der Waals surface area contributed by atoms with E-state index in [1.807, 2.05) is 11.8 Å². The predicted molar refractivity (Wildman–Crippen MR) is 103 cm³/mol. The van der Waals surface area contributed by atoms with Crippen LogP contribution in [0.5, 0.6) is 0 Å². The molecule has 26 heavy (non-hydrogen) atoms. The van der Waals surface area contributed by atoms with Gasteiger partial charge in [-0.2, -0.15) is 0 Å². The number of nitrogens with zero attached hydrogens (tertiary/aromatic N) is 2. The molecule has 0 aliphatic carbocycles. The summed E-state index contributed by atoms with van der Waals surface area (Å²) in [6.45, 7) is 6.38. The minimum atomic E-state index is -0.281. The first kappa shape index (κ1) is 19.1. The van der Waals surface area contributed by atoms with Gasteiger partial charge in [-0.1, -0.05) is 6.92 Å². The number of ether oxygens (including phenoxy) is 1. The van der Waals surface area contributed by atoms with Gasteiger partial charge in [0.25, 0.3) is 0 Å². The molecule has 2 aliphatic heterocycles. The molecule has 5 nitrogen and oxygen atoms in total. The first-order chi connectivity index (χ1) is 12.7. The monoisotopic (exact) mass is 365 g/mol. The largest absolute Gasteiger partial charge is 0.381 e. The van der Waals surface area contributed by atoms with Gasteiger partial charge in [0.2, 0.25) is 0 Å². The summed E-state index contributed by atoms with van der Waals surface area (Å²) >= 11 is 0. The fourth-order valence-corrected chi connectivity index (χ4v) is 3.97. The maximum Gasteiger partial charge on any atom is 0.322 e. The quantitative estimate of drug-likeness (QED) is 0.866. The van der Waals surface area contributed by atoms with Gasteiger partial charge in [-0.3, -0.25) is 4.90 Å². The van der Waals surface area contributed by atoms with Crippen molar-refractivity contribution in [3.8, 4) is 0 Å². The molecule has 0 spiro atoms. The van der Waals surface area contributed by atoms with Crippen molar-refractivity contribution in [3.63, 3.8) is 0 Å². The molecule has 1 aromatic carbocycles. The molecule has 146 valence electrons. The summed E-state index contributed by atoms with van der Waals surface area (Å²) in [5.74, 6) is -0.281. The summed E-state index contributed by atoms with van der Waals surface area (Å²) in [5.41, 5.74) is 0.768. The maximum absolute atomic E-state index is 13.3. The highest BCUT2D eigenvalue weighted by atomic mass is 19.1. The lowest BCUT2D eigenvalue weighted by molar-refractivity contribution is 0.0254. The molecule has 0 aromatic heterocycles. The summed E-state index contributed by atoms with van der Waals surface area (Å²) in [5, 5.41) is 2.98. The number of anilines is 1. The van der Waals surface area contributed by atoms with Crippen molar-refractivity contribution in [3.05, 3.63) is 30.1 Å². The van der Waals surface area contributed by atoms with Crippen molar-refractivity contribution >= 4 is 11.7 Å². The smallest absolute Gasteiger partial charge is 0.322 e. The van der Waals surface area contributed by atoms with Crippen LogP contribution in [0.3, 0.4) is 0 Å². The number of benzene rings is 1. The molecule has 2 amide bonds. The Hall–Kier alpha value is -1.66. The number of piperidine rings is 1. The summed E-state index contributed by atoms with van der Waals surface area (Å²) in [6.07, 6.45) is 4.97. The number of urea groups is 1. The van der Waals surface area contributed by atoms with Crippen molar-refractivity contribution < 1.29 is 15.3 Å². The Morgan fingerprint density at radius 3 is 2.50 bits per heavy atom. The van der Waals surface area contributed by atoms with Gasteiger partial charge in [-0.15, -0.1) is 0 Å². The van der Waals surface area contributed by atoms with Crippen LogP contribution in [0.4, 0.5) is 14.9 Å². The van der Waals surface area contributed by atoms with Crippen LogP contribution >= 0.6 is 0 Å². The molecule has 2 aliphatic rings. The van der Waals surface area contributed by atoms with Gasteiger partial charge in [0, 0.05) is 52.0 Å². The highest BCUT2D eigenvalue weighted by molar-refractivity contribution is 5.92. The highest BCUT2D eigenvalue weighted by Crippen LogP contribution is 2.27. The van der Waals surface area contributed by atoms with Crippen LogP contribution in [-0.4, -0.2) is 55.9 Å². The minimum absolute atomic E-state index is 0. The zero-order valence-corrected chi connectivity index (χ0v) is 15.6. The zero-order chi connectivity index (χ0) is 18.4. The fraction of sp³-hybridized carbons (Fsp3) is 0.650. The number of amides is 2. The Morgan fingerprint density at radius 2 is 1.88 bits per heavy atom. The molecule has 2 saturated heterocycles. The van der Waals surface area contributed by atoms with Gasteiger partial charge in [0.05, 0.1) is 0 Å². The van der Waals surface area contributed by atoms with Gasteiger partial charge in [0.15, 0.2) is 0 Å². The molecular weight excluding hydrogens is 333 g/mol. The van der Waals surface area contributed by atoms with Crippen LogP contribution in [0.2, 0.25) is 0 Å². The number of carbonyl (C=O) groups excluding carboxylic acids is 1. The fourth-order valence-electron chi connectivity index (χ4n) is 3.97. The van der Waals surface area contributed by atoms with Crippen LogP contribution in [0.25, 0.3) is 0 Å². The van der Waals surface area contributed by atoms with Crippen molar-refractivity contribution in [1.82, 2.24) is 10.2 Å². The van der Waals surface area contributed by atoms with E-state index in [9.17, 15) is 9.18 Å².